The van der Waals surface area contributed by atoms with Crippen molar-refractivity contribution in [2.24, 2.45) is 11.5 Å². The SMILES string of the molecule is COc1cc(OC)c(C(=O)N[C@H]2CC[C@H](NC(=O)c3cc(C(N)=O)c(O)cc3O)CC2)cc1C(=O)N[C@H]1CC[C@H](NC(=O)c2cc(C(N)=O)c(O)cc2O)CC1. The third kappa shape index (κ3) is 9.14. The summed E-state index contributed by atoms with van der Waals surface area (Å²) in [4.78, 5) is 76.1. The molecular formula is C38H44N6O12. The van der Waals surface area contributed by atoms with Gasteiger partial charge in [0.15, 0.2) is 0 Å². The molecule has 298 valence electrons. The minimum atomic E-state index is -0.961. The fourth-order valence-corrected chi connectivity index (χ4v) is 6.98. The smallest absolute Gasteiger partial charge is 0.255 e. The number of nitrogens with two attached hydrogens (primary N) is 2. The summed E-state index contributed by atoms with van der Waals surface area (Å²) in [6.45, 7) is 0. The Morgan fingerprint density at radius 2 is 0.696 bits per heavy atom. The van der Waals surface area contributed by atoms with Crippen molar-refractivity contribution in [3.8, 4) is 34.5 Å². The lowest BCUT2D eigenvalue weighted by Gasteiger charge is -2.30. The standard InChI is InChI=1S/C38H44N6O12/c1-55-31-16-32(56-2)26(38(54)44-20-9-5-18(6-10-20)42-36(52)24-12-22(34(40)50)28(46)15-30(24)48)13-25(31)37(53)43-19-7-3-17(4-8-19)41-35(51)23-11-21(33(39)49)27(45)14-29(23)47/h11-20,45-48H,3-10H2,1-2H3,(H2,39,49)(H2,40,50)(H,41,51)(H,42,52)(H,43,53)(H,44,54)/t17-,18-,19-,20-. The summed E-state index contributed by atoms with van der Waals surface area (Å²) in [5.41, 5.74) is 9.65. The Balaban J connectivity index is 1.16. The average Bonchev–Trinajstić information content (AvgIpc) is 3.15. The van der Waals surface area contributed by atoms with Crippen molar-refractivity contribution in [1.82, 2.24) is 21.3 Å². The summed E-state index contributed by atoms with van der Waals surface area (Å²) in [5, 5.41) is 51.5. The van der Waals surface area contributed by atoms with Gasteiger partial charge in [0, 0.05) is 42.4 Å². The molecule has 0 radical (unpaired) electrons. The molecule has 3 aromatic carbocycles. The van der Waals surface area contributed by atoms with Crippen molar-refractivity contribution in [3.63, 3.8) is 0 Å². The number of carbonyl (C=O) groups is 6. The Morgan fingerprint density at radius 3 is 0.964 bits per heavy atom. The highest BCUT2D eigenvalue weighted by Crippen LogP contribution is 2.32. The van der Waals surface area contributed by atoms with Crippen LogP contribution in [0.3, 0.4) is 0 Å². The van der Waals surface area contributed by atoms with Crippen LogP contribution in [0.5, 0.6) is 34.5 Å². The average molecular weight is 777 g/mol. The predicted molar refractivity (Wildman–Crippen MR) is 198 cm³/mol. The van der Waals surface area contributed by atoms with Crippen LogP contribution in [-0.4, -0.2) is 94.3 Å². The van der Waals surface area contributed by atoms with Crippen LogP contribution in [-0.2, 0) is 0 Å². The number of nitrogens with one attached hydrogen (secondary N) is 4. The maximum atomic E-state index is 13.6. The van der Waals surface area contributed by atoms with E-state index in [9.17, 15) is 49.2 Å². The number of primary amides is 2. The minimum Gasteiger partial charge on any atom is -0.507 e. The second kappa shape index (κ2) is 17.2. The van der Waals surface area contributed by atoms with Crippen molar-refractivity contribution in [2.45, 2.75) is 75.5 Å². The van der Waals surface area contributed by atoms with Gasteiger partial charge in [0.25, 0.3) is 35.4 Å². The van der Waals surface area contributed by atoms with Crippen LogP contribution >= 0.6 is 0 Å². The monoisotopic (exact) mass is 776 g/mol. The lowest BCUT2D eigenvalue weighted by atomic mass is 9.90. The molecule has 6 amide bonds. The molecule has 18 nitrogen and oxygen atoms in total. The Labute approximate surface area is 320 Å². The van der Waals surface area contributed by atoms with Crippen LogP contribution in [0.2, 0.25) is 0 Å². The second-order valence-corrected chi connectivity index (χ2v) is 13.7. The zero-order valence-electron chi connectivity index (χ0n) is 30.6. The van der Waals surface area contributed by atoms with Gasteiger partial charge in [-0.05, 0) is 69.6 Å². The topological polar surface area (TPSA) is 302 Å². The molecule has 12 N–H and O–H groups in total. The molecule has 0 unspecified atom stereocenters. The molecule has 18 heteroatoms. The van der Waals surface area contributed by atoms with Crippen LogP contribution in [0, 0.1) is 0 Å². The third-order valence-electron chi connectivity index (χ3n) is 10.1. The Kier molecular flexibility index (Phi) is 12.4. The summed E-state index contributed by atoms with van der Waals surface area (Å²) < 4.78 is 10.9. The molecule has 2 saturated carbocycles. The van der Waals surface area contributed by atoms with Gasteiger partial charge >= 0.3 is 0 Å². The Bertz CT molecular complexity index is 1910. The Morgan fingerprint density at radius 1 is 0.446 bits per heavy atom. The van der Waals surface area contributed by atoms with Gasteiger partial charge in [-0.3, -0.25) is 28.8 Å². The van der Waals surface area contributed by atoms with E-state index in [1.54, 1.807) is 0 Å². The quantitative estimate of drug-likeness (QED) is 0.126. The van der Waals surface area contributed by atoms with Crippen molar-refractivity contribution >= 4 is 35.4 Å². The molecule has 0 bridgehead atoms. The highest BCUT2D eigenvalue weighted by Gasteiger charge is 2.30. The van der Waals surface area contributed by atoms with Crippen LogP contribution in [0.15, 0.2) is 36.4 Å². The lowest BCUT2D eigenvalue weighted by molar-refractivity contribution is 0.0883. The first-order valence-electron chi connectivity index (χ1n) is 17.8. The largest absolute Gasteiger partial charge is 0.507 e. The lowest BCUT2D eigenvalue weighted by Crippen LogP contribution is -2.44. The third-order valence-corrected chi connectivity index (χ3v) is 10.1. The number of rotatable bonds is 12. The van der Waals surface area contributed by atoms with Gasteiger partial charge in [0.2, 0.25) is 0 Å². The van der Waals surface area contributed by atoms with Gasteiger partial charge in [-0.1, -0.05) is 0 Å². The Hall–Kier alpha value is -6.72. The van der Waals surface area contributed by atoms with E-state index in [1.165, 1.54) is 26.4 Å². The second-order valence-electron chi connectivity index (χ2n) is 13.7. The van der Waals surface area contributed by atoms with Gasteiger partial charge in [-0.2, -0.15) is 0 Å². The van der Waals surface area contributed by atoms with Gasteiger partial charge in [-0.25, -0.2) is 0 Å². The van der Waals surface area contributed by atoms with Gasteiger partial charge in [0.05, 0.1) is 47.6 Å². The molecule has 0 aromatic heterocycles. The summed E-state index contributed by atoms with van der Waals surface area (Å²) in [6.07, 6.45) is 3.88. The molecule has 3 aromatic rings. The first kappa shape index (κ1) is 40.5. The molecule has 5 rings (SSSR count). The van der Waals surface area contributed by atoms with Crippen LogP contribution < -0.4 is 42.2 Å². The molecule has 0 atom stereocenters. The number of methoxy groups -OCH3 is 2. The maximum Gasteiger partial charge on any atom is 0.255 e. The van der Waals surface area contributed by atoms with Crippen molar-refractivity contribution in [1.29, 1.82) is 0 Å². The molecule has 56 heavy (non-hydrogen) atoms. The van der Waals surface area contributed by atoms with E-state index >= 15 is 0 Å². The van der Waals surface area contributed by atoms with E-state index in [1.807, 2.05) is 0 Å². The van der Waals surface area contributed by atoms with Crippen molar-refractivity contribution in [2.75, 3.05) is 14.2 Å². The fourth-order valence-electron chi connectivity index (χ4n) is 6.98. The highest BCUT2D eigenvalue weighted by atomic mass is 16.5. The molecule has 2 aliphatic carbocycles. The number of benzene rings is 3. The van der Waals surface area contributed by atoms with Crippen LogP contribution in [0.1, 0.15) is 114 Å². The maximum absolute atomic E-state index is 13.6. The molecule has 0 spiro atoms. The number of hydrogen-bond acceptors (Lipinski definition) is 12. The number of hydrogen-bond donors (Lipinski definition) is 10. The van der Waals surface area contributed by atoms with Gasteiger partial charge in [-0.15, -0.1) is 0 Å². The normalized spacial score (nSPS) is 19.2. The summed E-state index contributed by atoms with van der Waals surface area (Å²) in [5.74, 6) is -5.97. The van der Waals surface area contributed by atoms with Crippen molar-refractivity contribution in [3.05, 3.63) is 69.8 Å². The summed E-state index contributed by atoms with van der Waals surface area (Å²) in [7, 11) is 2.77. The predicted octanol–water partition coefficient (Wildman–Crippen LogP) is 1.67. The number of phenols is 4. The van der Waals surface area contributed by atoms with E-state index in [4.69, 9.17) is 20.9 Å². The molecule has 2 fully saturated rings. The highest BCUT2D eigenvalue weighted by molar-refractivity contribution is 6.05. The molecular weight excluding hydrogens is 732 g/mol. The number of carbonyl (C=O) groups excluding carboxylic acids is 6. The molecule has 0 saturated heterocycles. The van der Waals surface area contributed by atoms with E-state index in [0.29, 0.717) is 51.4 Å². The first-order valence-corrected chi connectivity index (χ1v) is 17.8. The van der Waals surface area contributed by atoms with E-state index < -0.39 is 58.4 Å². The number of aromatic hydroxyl groups is 4. The first-order chi connectivity index (χ1) is 26.6. The number of ether oxygens (including phenoxy) is 2. The van der Waals surface area contributed by atoms with Gasteiger partial charge in [0.1, 0.15) is 34.5 Å². The summed E-state index contributed by atoms with van der Waals surface area (Å²) in [6, 6.07) is 5.49. The summed E-state index contributed by atoms with van der Waals surface area (Å²) >= 11 is 0. The molecule has 0 aliphatic heterocycles. The number of phenolic OH excluding ortho intramolecular Hbond substituents is 2. The van der Waals surface area contributed by atoms with Crippen LogP contribution in [0.4, 0.5) is 0 Å². The zero-order chi connectivity index (χ0) is 40.8. The van der Waals surface area contributed by atoms with Gasteiger partial charge < -0.3 is 62.6 Å². The fraction of sp³-hybridized carbons (Fsp3) is 0.368. The van der Waals surface area contributed by atoms with Crippen molar-refractivity contribution < 1.29 is 58.7 Å². The molecule has 0 heterocycles. The zero-order valence-corrected chi connectivity index (χ0v) is 30.6. The minimum absolute atomic E-state index is 0.102. The molecule has 2 aliphatic rings. The number of amides is 6. The van der Waals surface area contributed by atoms with E-state index in [-0.39, 0.29) is 69.0 Å². The van der Waals surface area contributed by atoms with E-state index in [0.717, 1.165) is 24.3 Å². The van der Waals surface area contributed by atoms with Crippen LogP contribution in [0.25, 0.3) is 0 Å². The van der Waals surface area contributed by atoms with E-state index in [2.05, 4.69) is 21.3 Å².